The average molecular weight is 438 g/mol. The smallest absolute Gasteiger partial charge is 0.273 e. The van der Waals surface area contributed by atoms with Crippen molar-refractivity contribution in [2.45, 2.75) is 57.2 Å². The Hall–Kier alpha value is -2.87. The van der Waals surface area contributed by atoms with Crippen LogP contribution in [0, 0.1) is 18.8 Å². The van der Waals surface area contributed by atoms with Crippen molar-refractivity contribution in [1.82, 2.24) is 14.5 Å². The van der Waals surface area contributed by atoms with E-state index in [1.807, 2.05) is 0 Å². The van der Waals surface area contributed by atoms with E-state index in [-0.39, 0.29) is 30.0 Å². The lowest BCUT2D eigenvalue weighted by Crippen LogP contribution is -2.26. The van der Waals surface area contributed by atoms with Gasteiger partial charge in [0.05, 0.1) is 10.9 Å². The number of nitrogens with one attached hydrogen (secondary N) is 1. The standard InChI is InChI=1S/C24H24F2N4O2/c1-12-27-19-10-21(31)30(20-9-13-7-14(20)8-13)11-17(19)22(28-12)29-23(32)16-3-2-4-18-15(16)5-6-24(18,25)26/h2-4,10-11,13-14,20,23,32H,5-9H2,1H3,(H,27,28,29)/t13?,14?,20-,23?/m0/s1. The van der Waals surface area contributed by atoms with E-state index in [0.717, 1.165) is 6.42 Å². The molecule has 166 valence electrons. The molecule has 3 fully saturated rings. The van der Waals surface area contributed by atoms with Gasteiger partial charge in [0.25, 0.3) is 11.5 Å². The van der Waals surface area contributed by atoms with Crippen LogP contribution in [0.2, 0.25) is 0 Å². The molecule has 0 saturated heterocycles. The molecule has 0 aliphatic heterocycles. The molecule has 2 heterocycles. The van der Waals surface area contributed by atoms with Gasteiger partial charge in [-0.2, -0.15) is 0 Å². The number of benzene rings is 1. The Morgan fingerprint density at radius 1 is 1.25 bits per heavy atom. The van der Waals surface area contributed by atoms with E-state index in [2.05, 4.69) is 15.3 Å². The topological polar surface area (TPSA) is 80.0 Å². The number of aryl methyl sites for hydroxylation is 1. The summed E-state index contributed by atoms with van der Waals surface area (Å²) in [7, 11) is 0. The number of hydrogen-bond donors (Lipinski definition) is 2. The van der Waals surface area contributed by atoms with Gasteiger partial charge < -0.3 is 15.0 Å². The molecule has 1 aromatic carbocycles. The summed E-state index contributed by atoms with van der Waals surface area (Å²) < 4.78 is 30.1. The molecular formula is C24H24F2N4O2. The maximum atomic E-state index is 14.2. The van der Waals surface area contributed by atoms with E-state index < -0.39 is 12.2 Å². The second kappa shape index (κ2) is 6.81. The molecule has 2 bridgehead atoms. The molecule has 4 aliphatic rings. The van der Waals surface area contributed by atoms with E-state index >= 15 is 0 Å². The number of fused-ring (bicyclic) bond motifs is 3. The summed E-state index contributed by atoms with van der Waals surface area (Å²) in [5.74, 6) is -0.781. The molecule has 0 spiro atoms. The quantitative estimate of drug-likeness (QED) is 0.597. The van der Waals surface area contributed by atoms with Gasteiger partial charge in [-0.05, 0) is 50.0 Å². The summed E-state index contributed by atoms with van der Waals surface area (Å²) in [6, 6.07) is 6.35. The van der Waals surface area contributed by atoms with Crippen LogP contribution in [-0.2, 0) is 12.3 Å². The van der Waals surface area contributed by atoms with Crippen LogP contribution in [0.3, 0.4) is 0 Å². The summed E-state index contributed by atoms with van der Waals surface area (Å²) >= 11 is 0. The third-order valence-corrected chi connectivity index (χ3v) is 7.48. The normalized spacial score (nSPS) is 26.1. The van der Waals surface area contributed by atoms with E-state index in [9.17, 15) is 18.7 Å². The molecule has 2 N–H and O–H groups in total. The van der Waals surface area contributed by atoms with Crippen LogP contribution in [-0.4, -0.2) is 19.6 Å². The molecule has 2 aromatic heterocycles. The summed E-state index contributed by atoms with van der Waals surface area (Å²) in [5.41, 5.74) is 1.31. The van der Waals surface area contributed by atoms with Gasteiger partial charge in [-0.1, -0.05) is 18.2 Å². The molecule has 0 amide bonds. The number of aromatic nitrogens is 3. The fourth-order valence-corrected chi connectivity index (χ4v) is 5.88. The van der Waals surface area contributed by atoms with Crippen LogP contribution < -0.4 is 10.9 Å². The Kier molecular flexibility index (Phi) is 4.21. The molecule has 4 aliphatic carbocycles. The molecule has 3 saturated carbocycles. The zero-order valence-electron chi connectivity index (χ0n) is 17.7. The zero-order valence-corrected chi connectivity index (χ0v) is 17.7. The minimum atomic E-state index is -2.87. The number of rotatable bonds is 4. The lowest BCUT2D eigenvalue weighted by Gasteiger charge is -2.25. The third kappa shape index (κ3) is 2.96. The molecule has 0 radical (unpaired) electrons. The number of pyridine rings is 1. The summed E-state index contributed by atoms with van der Waals surface area (Å²) in [6.45, 7) is 1.72. The average Bonchev–Trinajstić information content (AvgIpc) is 3.40. The Morgan fingerprint density at radius 2 is 2.06 bits per heavy atom. The van der Waals surface area contributed by atoms with Gasteiger partial charge in [-0.3, -0.25) is 4.79 Å². The molecule has 6 nitrogen and oxygen atoms in total. The first kappa shape index (κ1) is 19.8. The Balaban J connectivity index is 1.40. The second-order valence-electron chi connectivity index (χ2n) is 9.46. The van der Waals surface area contributed by atoms with Crippen molar-refractivity contribution in [2.24, 2.45) is 11.8 Å². The van der Waals surface area contributed by atoms with Gasteiger partial charge in [0.1, 0.15) is 11.6 Å². The summed E-state index contributed by atoms with van der Waals surface area (Å²) in [4.78, 5) is 21.7. The van der Waals surface area contributed by atoms with E-state index in [0.29, 0.717) is 45.5 Å². The SMILES string of the molecule is Cc1nc(NC(O)c2cccc3c2CCC3(F)F)c2cn([C@H]3CC4CC3C4)c(=O)cc2n1. The van der Waals surface area contributed by atoms with Gasteiger partial charge >= 0.3 is 0 Å². The van der Waals surface area contributed by atoms with Crippen molar-refractivity contribution in [3.63, 3.8) is 0 Å². The van der Waals surface area contributed by atoms with Crippen molar-refractivity contribution in [3.8, 4) is 0 Å². The molecule has 3 aromatic rings. The predicted octanol–water partition coefficient (Wildman–Crippen LogP) is 4.21. The molecule has 1 unspecified atom stereocenters. The molecular weight excluding hydrogens is 414 g/mol. The lowest BCUT2D eigenvalue weighted by molar-refractivity contribution is -0.00185. The van der Waals surface area contributed by atoms with Crippen molar-refractivity contribution < 1.29 is 13.9 Å². The highest BCUT2D eigenvalue weighted by molar-refractivity contribution is 5.88. The largest absolute Gasteiger partial charge is 0.369 e. The number of alkyl halides is 2. The Morgan fingerprint density at radius 3 is 2.81 bits per heavy atom. The van der Waals surface area contributed by atoms with Crippen LogP contribution in [0.25, 0.3) is 10.9 Å². The number of aliphatic hydroxyl groups excluding tert-OH is 1. The van der Waals surface area contributed by atoms with Crippen LogP contribution in [0.15, 0.2) is 35.3 Å². The van der Waals surface area contributed by atoms with Crippen LogP contribution >= 0.6 is 0 Å². The first-order valence-corrected chi connectivity index (χ1v) is 11.2. The van der Waals surface area contributed by atoms with Crippen LogP contribution in [0.5, 0.6) is 0 Å². The van der Waals surface area contributed by atoms with Gasteiger partial charge in [0, 0.05) is 35.9 Å². The molecule has 7 rings (SSSR count). The number of anilines is 1. The highest BCUT2D eigenvalue weighted by Crippen LogP contribution is 2.54. The third-order valence-electron chi connectivity index (χ3n) is 7.48. The molecule has 32 heavy (non-hydrogen) atoms. The van der Waals surface area contributed by atoms with Crippen molar-refractivity contribution >= 4 is 16.7 Å². The summed E-state index contributed by atoms with van der Waals surface area (Å²) in [5, 5.41) is 14.6. The van der Waals surface area contributed by atoms with E-state index in [1.54, 1.807) is 29.8 Å². The van der Waals surface area contributed by atoms with Gasteiger partial charge in [0.15, 0.2) is 6.23 Å². The minimum Gasteiger partial charge on any atom is -0.369 e. The minimum absolute atomic E-state index is 0.0198. The van der Waals surface area contributed by atoms with Crippen LogP contribution in [0.4, 0.5) is 14.6 Å². The lowest BCUT2D eigenvalue weighted by atomic mass is 9.84. The highest BCUT2D eigenvalue weighted by atomic mass is 19.3. The highest BCUT2D eigenvalue weighted by Gasteiger charge is 2.45. The second-order valence-corrected chi connectivity index (χ2v) is 9.46. The first-order chi connectivity index (χ1) is 15.3. The number of nitrogens with zero attached hydrogens (tertiary/aromatic N) is 3. The number of hydrogen-bond acceptors (Lipinski definition) is 5. The Bertz CT molecular complexity index is 1300. The van der Waals surface area contributed by atoms with Gasteiger partial charge in [0.2, 0.25) is 0 Å². The molecule has 8 heteroatoms. The maximum Gasteiger partial charge on any atom is 0.273 e. The van der Waals surface area contributed by atoms with E-state index in [4.69, 9.17) is 0 Å². The summed E-state index contributed by atoms with van der Waals surface area (Å²) in [6.07, 6.45) is 3.90. The Labute approximate surface area is 183 Å². The van der Waals surface area contributed by atoms with Gasteiger partial charge in [-0.25, -0.2) is 18.7 Å². The maximum absolute atomic E-state index is 14.2. The predicted molar refractivity (Wildman–Crippen MR) is 116 cm³/mol. The fraction of sp³-hybridized carbons (Fsp3) is 0.458. The van der Waals surface area contributed by atoms with Gasteiger partial charge in [-0.15, -0.1) is 0 Å². The monoisotopic (exact) mass is 438 g/mol. The number of halogens is 2. The van der Waals surface area contributed by atoms with Crippen molar-refractivity contribution in [2.75, 3.05) is 5.32 Å². The number of aliphatic hydroxyl groups is 1. The van der Waals surface area contributed by atoms with E-state index in [1.165, 1.54) is 25.0 Å². The van der Waals surface area contributed by atoms with Crippen molar-refractivity contribution in [3.05, 3.63) is 63.3 Å². The van der Waals surface area contributed by atoms with Crippen molar-refractivity contribution in [1.29, 1.82) is 0 Å². The zero-order chi connectivity index (χ0) is 22.2. The molecule has 2 atom stereocenters. The fourth-order valence-electron chi connectivity index (χ4n) is 5.88. The van der Waals surface area contributed by atoms with Crippen LogP contribution in [0.1, 0.15) is 60.5 Å². The first-order valence-electron chi connectivity index (χ1n) is 11.2.